The number of carbonyl (C=O) groups is 5. The third kappa shape index (κ3) is 5.37. The van der Waals surface area contributed by atoms with Crippen molar-refractivity contribution in [3.63, 3.8) is 0 Å². The zero-order valence-electron chi connectivity index (χ0n) is 22.7. The van der Waals surface area contributed by atoms with Crippen LogP contribution in [-0.2, 0) is 29.2 Å². The van der Waals surface area contributed by atoms with Gasteiger partial charge < -0.3 is 4.90 Å². The smallest absolute Gasteiger partial charge is 0.258 e. The molecule has 0 bridgehead atoms. The molecule has 2 aliphatic heterocycles. The second-order valence-corrected chi connectivity index (χ2v) is 11.6. The summed E-state index contributed by atoms with van der Waals surface area (Å²) in [6, 6.07) is 14.4. The molecule has 0 saturated heterocycles. The van der Waals surface area contributed by atoms with Gasteiger partial charge in [0.1, 0.15) is 0 Å². The fraction of sp³-hybridized carbons (Fsp3) is 0.167. The number of benzene rings is 3. The highest BCUT2D eigenvalue weighted by Crippen LogP contribution is 2.31. The van der Waals surface area contributed by atoms with Crippen molar-refractivity contribution in [2.45, 2.75) is 17.7 Å². The van der Waals surface area contributed by atoms with Gasteiger partial charge in [-0.05, 0) is 36.8 Å². The van der Waals surface area contributed by atoms with Crippen molar-refractivity contribution in [2.75, 3.05) is 35.3 Å². The molecule has 11 nitrogen and oxygen atoms in total. The fourth-order valence-electron chi connectivity index (χ4n) is 4.89. The first-order valence-electron chi connectivity index (χ1n) is 13.0. The summed E-state index contributed by atoms with van der Waals surface area (Å²) >= 11 is 0. The zero-order valence-corrected chi connectivity index (χ0v) is 23.6. The van der Waals surface area contributed by atoms with Crippen molar-refractivity contribution < 1.29 is 32.4 Å². The minimum Gasteiger partial charge on any atom is -0.377 e. The Balaban J connectivity index is 1.33. The van der Waals surface area contributed by atoms with Crippen LogP contribution in [0, 0.1) is 0 Å². The molecule has 0 radical (unpaired) electrons. The number of Topliss-reactive ketones (excluding diaryl/α,β-unsaturated/α-hetero) is 1. The molecule has 0 spiro atoms. The monoisotopic (exact) mass is 586 g/mol. The van der Waals surface area contributed by atoms with Gasteiger partial charge in [0.2, 0.25) is 10.0 Å². The molecule has 0 aromatic heterocycles. The second kappa shape index (κ2) is 11.1. The van der Waals surface area contributed by atoms with Crippen molar-refractivity contribution in [3.8, 4) is 0 Å². The summed E-state index contributed by atoms with van der Waals surface area (Å²) in [6.45, 7) is -0.0373. The zero-order chi connectivity index (χ0) is 30.2. The minimum atomic E-state index is -3.91. The van der Waals surface area contributed by atoms with E-state index in [-0.39, 0.29) is 41.2 Å². The van der Waals surface area contributed by atoms with Crippen LogP contribution in [0.3, 0.4) is 0 Å². The van der Waals surface area contributed by atoms with E-state index in [4.69, 9.17) is 0 Å². The van der Waals surface area contributed by atoms with Crippen molar-refractivity contribution in [1.29, 1.82) is 0 Å². The van der Waals surface area contributed by atoms with Crippen LogP contribution in [0.4, 0.5) is 17.1 Å². The number of hydrogen-bond donors (Lipinski definition) is 1. The lowest BCUT2D eigenvalue weighted by Gasteiger charge is -2.20. The first-order valence-corrected chi connectivity index (χ1v) is 14.5. The predicted molar refractivity (Wildman–Crippen MR) is 157 cm³/mol. The Morgan fingerprint density at radius 2 is 1.29 bits per heavy atom. The van der Waals surface area contributed by atoms with Crippen LogP contribution in [0.2, 0.25) is 0 Å². The lowest BCUT2D eigenvalue weighted by atomic mass is 10.0. The molecule has 2 heterocycles. The Morgan fingerprint density at radius 1 is 0.762 bits per heavy atom. The third-order valence-corrected chi connectivity index (χ3v) is 8.38. The van der Waals surface area contributed by atoms with Crippen LogP contribution in [0.15, 0.2) is 83.8 Å². The Bertz CT molecular complexity index is 1750. The molecular formula is C30H26N4O7S. The normalized spacial score (nSPS) is 15.0. The topological polar surface area (TPSA) is 141 Å². The van der Waals surface area contributed by atoms with Gasteiger partial charge in [-0.15, -0.1) is 0 Å². The lowest BCUT2D eigenvalue weighted by molar-refractivity contribution is -0.121. The van der Waals surface area contributed by atoms with Gasteiger partial charge in [0.25, 0.3) is 23.6 Å². The van der Waals surface area contributed by atoms with Crippen molar-refractivity contribution in [1.82, 2.24) is 4.72 Å². The van der Waals surface area contributed by atoms with Gasteiger partial charge in [0.05, 0.1) is 16.3 Å². The van der Waals surface area contributed by atoms with E-state index in [2.05, 4.69) is 4.72 Å². The molecule has 5 rings (SSSR count). The second-order valence-electron chi connectivity index (χ2n) is 9.88. The SMILES string of the molecule is CN(C)c1cccc2c(S(=O)(=O)NCCCC(=O)c3cc(N4C(=O)C=CC4=O)cc(N4C(=O)C=CC4=O)c3)cccc12. The number of nitrogens with zero attached hydrogens (tertiary/aromatic N) is 3. The number of sulfonamides is 1. The van der Waals surface area contributed by atoms with Crippen molar-refractivity contribution in [3.05, 3.63) is 84.5 Å². The van der Waals surface area contributed by atoms with E-state index in [0.717, 1.165) is 45.2 Å². The molecule has 3 aromatic carbocycles. The average Bonchev–Trinajstić information content (AvgIpc) is 3.48. The standard InChI is InChI=1S/C30H26N4O7S/c1-32(2)24-8-3-7-23-22(24)6-4-10-26(23)42(40,41)31-15-5-9-25(35)19-16-20(33-27(36)11-12-28(33)37)18-21(17-19)34-29(38)13-14-30(34)39/h3-4,6-8,10-14,16-18,31H,5,9,15H2,1-2H3. The molecule has 0 saturated carbocycles. The number of nitrogens with one attached hydrogen (secondary N) is 1. The lowest BCUT2D eigenvalue weighted by Crippen LogP contribution is -2.32. The van der Waals surface area contributed by atoms with Crippen molar-refractivity contribution in [2.24, 2.45) is 0 Å². The maximum atomic E-state index is 13.2. The van der Waals surface area contributed by atoms with Gasteiger partial charge in [-0.3, -0.25) is 24.0 Å². The quantitative estimate of drug-likeness (QED) is 0.217. The van der Waals surface area contributed by atoms with Crippen LogP contribution in [0.25, 0.3) is 10.8 Å². The Hall–Kier alpha value is -4.94. The van der Waals surface area contributed by atoms with Crippen LogP contribution in [-0.4, -0.2) is 58.5 Å². The number of amides is 4. The summed E-state index contributed by atoms with van der Waals surface area (Å²) in [4.78, 5) is 66.0. The molecule has 0 unspecified atom stereocenters. The molecule has 1 N–H and O–H groups in total. The van der Waals surface area contributed by atoms with Crippen molar-refractivity contribution >= 4 is 67.3 Å². The Morgan fingerprint density at radius 3 is 1.83 bits per heavy atom. The van der Waals surface area contributed by atoms with E-state index in [1.807, 2.05) is 31.1 Å². The molecule has 3 aromatic rings. The van der Waals surface area contributed by atoms with Crippen LogP contribution < -0.4 is 19.4 Å². The molecule has 2 aliphatic rings. The maximum absolute atomic E-state index is 13.2. The van der Waals surface area contributed by atoms with Gasteiger partial charge >= 0.3 is 0 Å². The molecule has 0 fully saturated rings. The van der Waals surface area contributed by atoms with E-state index in [9.17, 15) is 32.4 Å². The predicted octanol–water partition coefficient (Wildman–Crippen LogP) is 2.71. The van der Waals surface area contributed by atoms with Gasteiger partial charge in [0, 0.05) is 73.4 Å². The summed E-state index contributed by atoms with van der Waals surface area (Å²) in [6.07, 6.45) is 4.35. The minimum absolute atomic E-state index is 0.0251. The molecule has 12 heteroatoms. The third-order valence-electron chi connectivity index (χ3n) is 6.86. The number of rotatable bonds is 10. The Kier molecular flexibility index (Phi) is 7.59. The van der Waals surface area contributed by atoms with Crippen LogP contribution >= 0.6 is 0 Å². The fourth-order valence-corrected chi connectivity index (χ4v) is 6.18. The highest BCUT2D eigenvalue weighted by molar-refractivity contribution is 7.89. The number of carbonyl (C=O) groups excluding carboxylic acids is 5. The van der Waals surface area contributed by atoms with E-state index >= 15 is 0 Å². The van der Waals surface area contributed by atoms with Gasteiger partial charge in [-0.1, -0.05) is 24.3 Å². The van der Waals surface area contributed by atoms with Gasteiger partial charge in [-0.2, -0.15) is 0 Å². The first-order chi connectivity index (χ1) is 20.0. The highest BCUT2D eigenvalue weighted by atomic mass is 32.2. The number of hydrogen-bond acceptors (Lipinski definition) is 8. The maximum Gasteiger partial charge on any atom is 0.258 e. The van der Waals surface area contributed by atoms with Gasteiger partial charge in [0.15, 0.2) is 5.78 Å². The molecular weight excluding hydrogens is 560 g/mol. The van der Waals surface area contributed by atoms with E-state index in [0.29, 0.717) is 5.39 Å². The first kappa shape index (κ1) is 28.6. The summed E-state index contributed by atoms with van der Waals surface area (Å²) in [5, 5.41) is 1.35. The molecule has 214 valence electrons. The number of imide groups is 2. The molecule has 0 atom stereocenters. The summed E-state index contributed by atoms with van der Waals surface area (Å²) in [7, 11) is -0.160. The summed E-state index contributed by atoms with van der Waals surface area (Å²) < 4.78 is 28.9. The highest BCUT2D eigenvalue weighted by Gasteiger charge is 2.30. The number of ketones is 1. The summed E-state index contributed by atoms with van der Waals surface area (Å²) in [5.74, 6) is -2.96. The van der Waals surface area contributed by atoms with E-state index in [1.54, 1.807) is 18.2 Å². The molecule has 0 aliphatic carbocycles. The average molecular weight is 587 g/mol. The largest absolute Gasteiger partial charge is 0.377 e. The molecule has 4 amide bonds. The van der Waals surface area contributed by atoms with Gasteiger partial charge in [-0.25, -0.2) is 22.9 Å². The summed E-state index contributed by atoms with van der Waals surface area (Å²) in [5.41, 5.74) is 0.975. The van der Waals surface area contributed by atoms with E-state index < -0.39 is 39.4 Å². The van der Waals surface area contributed by atoms with E-state index in [1.165, 1.54) is 24.3 Å². The molecule has 42 heavy (non-hydrogen) atoms. The number of fused-ring (bicyclic) bond motifs is 1. The van der Waals surface area contributed by atoms with Crippen LogP contribution in [0.1, 0.15) is 23.2 Å². The van der Waals surface area contributed by atoms with Crippen LogP contribution in [0.5, 0.6) is 0 Å². The number of anilines is 3. The Labute approximate surface area is 241 Å².